The van der Waals surface area contributed by atoms with E-state index in [1.54, 1.807) is 11.3 Å². The van der Waals surface area contributed by atoms with E-state index in [0.717, 1.165) is 0 Å². The fraction of sp³-hybridized carbons (Fsp3) is 0.750. The molecule has 0 N–H and O–H groups in total. The van der Waals surface area contributed by atoms with E-state index in [4.69, 9.17) is 0 Å². The average Bonchev–Trinajstić information content (AvgIpc) is 2.70. The Morgan fingerprint density at radius 2 is 1.37 bits per heavy atom. The molecule has 3 heteroatoms. The first-order chi connectivity index (χ1) is 9.24. The molecule has 0 aliphatic rings. The summed E-state index contributed by atoms with van der Waals surface area (Å²) < 4.78 is 2.54. The molecule has 0 spiro atoms. The van der Waals surface area contributed by atoms with Gasteiger partial charge in [-0.1, -0.05) is 64.7 Å². The summed E-state index contributed by atoms with van der Waals surface area (Å²) in [5, 5.41) is 0. The second-order valence-corrected chi connectivity index (χ2v) is 9.03. The molecule has 0 unspecified atom stereocenters. The Kier molecular flexibility index (Phi) is 10.6. The summed E-state index contributed by atoms with van der Waals surface area (Å²) in [4.78, 5) is 0. The van der Waals surface area contributed by atoms with Crippen LogP contribution < -0.4 is 0 Å². The predicted molar refractivity (Wildman–Crippen MR) is 95.3 cm³/mol. The number of hydrogen-bond acceptors (Lipinski definition) is 1. The number of halogens is 2. The molecule has 0 fully saturated rings. The molecule has 0 nitrogen and oxygen atoms in total. The molecule has 19 heavy (non-hydrogen) atoms. The molecule has 0 saturated heterocycles. The highest BCUT2D eigenvalue weighted by Crippen LogP contribution is 2.32. The number of rotatable bonds is 11. The van der Waals surface area contributed by atoms with Gasteiger partial charge >= 0.3 is 0 Å². The van der Waals surface area contributed by atoms with Gasteiger partial charge in [0.25, 0.3) is 0 Å². The minimum atomic E-state index is 1.22. The fourth-order valence-electron chi connectivity index (χ4n) is 2.35. The normalized spacial score (nSPS) is 11.1. The Labute approximate surface area is 139 Å². The van der Waals surface area contributed by atoms with Gasteiger partial charge in [0.15, 0.2) is 0 Å². The van der Waals surface area contributed by atoms with Crippen LogP contribution >= 0.6 is 43.2 Å². The second kappa shape index (κ2) is 11.3. The summed E-state index contributed by atoms with van der Waals surface area (Å²) in [5.74, 6) is 0. The zero-order chi connectivity index (χ0) is 13.9. The van der Waals surface area contributed by atoms with Crippen molar-refractivity contribution in [2.75, 3.05) is 0 Å². The average molecular weight is 410 g/mol. The smallest absolute Gasteiger partial charge is 0.0742 e. The molecule has 0 amide bonds. The van der Waals surface area contributed by atoms with Crippen molar-refractivity contribution >= 4 is 43.2 Å². The Morgan fingerprint density at radius 1 is 0.842 bits per heavy atom. The van der Waals surface area contributed by atoms with Crippen molar-refractivity contribution in [3.8, 4) is 0 Å². The number of unbranched alkanes of at least 4 members (excludes halogenated alkanes) is 9. The maximum absolute atomic E-state index is 3.63. The van der Waals surface area contributed by atoms with E-state index >= 15 is 0 Å². The van der Waals surface area contributed by atoms with Crippen LogP contribution in [-0.4, -0.2) is 0 Å². The molecule has 0 bridgehead atoms. The van der Waals surface area contributed by atoms with Gasteiger partial charge in [-0.15, -0.1) is 11.3 Å². The van der Waals surface area contributed by atoms with E-state index in [2.05, 4.69) is 44.8 Å². The maximum Gasteiger partial charge on any atom is 0.0742 e. The number of hydrogen-bond donors (Lipinski definition) is 0. The van der Waals surface area contributed by atoms with Crippen molar-refractivity contribution in [3.05, 3.63) is 19.2 Å². The molecule has 1 heterocycles. The van der Waals surface area contributed by atoms with Crippen molar-refractivity contribution in [2.45, 2.75) is 77.6 Å². The van der Waals surface area contributed by atoms with Gasteiger partial charge in [-0.25, -0.2) is 0 Å². The Hall–Kier alpha value is 0.660. The standard InChI is InChI=1S/C16H26Br2S/c1-2-3-4-5-6-7-8-9-10-11-12-14-13-15(17)19-16(14)18/h13H,2-12H2,1H3. The highest BCUT2D eigenvalue weighted by molar-refractivity contribution is 9.12. The maximum atomic E-state index is 3.63. The lowest BCUT2D eigenvalue weighted by atomic mass is 10.0. The largest absolute Gasteiger partial charge is 0.121 e. The van der Waals surface area contributed by atoms with Gasteiger partial charge in [-0.05, 0) is 56.3 Å². The van der Waals surface area contributed by atoms with Crippen molar-refractivity contribution in [2.24, 2.45) is 0 Å². The van der Waals surface area contributed by atoms with Gasteiger partial charge in [0.1, 0.15) is 0 Å². The van der Waals surface area contributed by atoms with Gasteiger partial charge in [-0.2, -0.15) is 0 Å². The first kappa shape index (κ1) is 17.7. The summed E-state index contributed by atoms with van der Waals surface area (Å²) >= 11 is 8.95. The number of thiophene rings is 1. The SMILES string of the molecule is CCCCCCCCCCCCc1cc(Br)sc1Br. The van der Waals surface area contributed by atoms with Crippen LogP contribution in [0.5, 0.6) is 0 Å². The van der Waals surface area contributed by atoms with Gasteiger partial charge < -0.3 is 0 Å². The lowest BCUT2D eigenvalue weighted by Crippen LogP contribution is -1.85. The molecular formula is C16H26Br2S. The molecule has 110 valence electrons. The quantitative estimate of drug-likeness (QED) is 0.328. The van der Waals surface area contributed by atoms with Crippen LogP contribution in [0.2, 0.25) is 0 Å². The summed E-state index contributed by atoms with van der Waals surface area (Å²) in [6, 6.07) is 2.25. The van der Waals surface area contributed by atoms with Gasteiger partial charge in [0, 0.05) is 0 Å². The Bertz CT molecular complexity index is 333. The summed E-state index contributed by atoms with van der Waals surface area (Å²) in [6.07, 6.45) is 15.3. The van der Waals surface area contributed by atoms with E-state index in [1.807, 2.05) is 0 Å². The minimum absolute atomic E-state index is 1.22. The molecule has 1 aromatic heterocycles. The fourth-order valence-corrected chi connectivity index (χ4v) is 5.26. The molecule has 1 rings (SSSR count). The molecule has 0 aliphatic heterocycles. The highest BCUT2D eigenvalue weighted by Gasteiger charge is 2.04. The van der Waals surface area contributed by atoms with Crippen molar-refractivity contribution in [3.63, 3.8) is 0 Å². The summed E-state index contributed by atoms with van der Waals surface area (Å²) in [5.41, 5.74) is 1.47. The summed E-state index contributed by atoms with van der Waals surface area (Å²) in [6.45, 7) is 2.28. The van der Waals surface area contributed by atoms with Crippen molar-refractivity contribution in [1.29, 1.82) is 0 Å². The monoisotopic (exact) mass is 408 g/mol. The third kappa shape index (κ3) is 8.52. The Morgan fingerprint density at radius 3 is 1.84 bits per heavy atom. The van der Waals surface area contributed by atoms with Crippen LogP contribution in [0, 0.1) is 0 Å². The third-order valence-electron chi connectivity index (χ3n) is 3.53. The van der Waals surface area contributed by atoms with Crippen LogP contribution in [0.3, 0.4) is 0 Å². The first-order valence-electron chi connectivity index (χ1n) is 7.67. The zero-order valence-corrected chi connectivity index (χ0v) is 16.0. The molecular weight excluding hydrogens is 384 g/mol. The molecule has 0 radical (unpaired) electrons. The van der Waals surface area contributed by atoms with Crippen LogP contribution in [0.25, 0.3) is 0 Å². The molecule has 0 aromatic carbocycles. The Balaban J connectivity index is 1.90. The molecule has 0 saturated carbocycles. The highest BCUT2D eigenvalue weighted by atomic mass is 79.9. The van der Waals surface area contributed by atoms with E-state index in [-0.39, 0.29) is 0 Å². The van der Waals surface area contributed by atoms with Gasteiger partial charge in [-0.3, -0.25) is 0 Å². The van der Waals surface area contributed by atoms with E-state index in [0.29, 0.717) is 0 Å². The van der Waals surface area contributed by atoms with Crippen LogP contribution in [-0.2, 0) is 6.42 Å². The van der Waals surface area contributed by atoms with E-state index < -0.39 is 0 Å². The van der Waals surface area contributed by atoms with Crippen molar-refractivity contribution < 1.29 is 0 Å². The first-order valence-corrected chi connectivity index (χ1v) is 10.1. The van der Waals surface area contributed by atoms with Crippen LogP contribution in [0.4, 0.5) is 0 Å². The van der Waals surface area contributed by atoms with E-state index in [9.17, 15) is 0 Å². The van der Waals surface area contributed by atoms with Crippen LogP contribution in [0.15, 0.2) is 13.6 Å². The number of aryl methyl sites for hydroxylation is 1. The van der Waals surface area contributed by atoms with Crippen LogP contribution in [0.1, 0.15) is 76.7 Å². The molecule has 0 atom stereocenters. The minimum Gasteiger partial charge on any atom is -0.121 e. The zero-order valence-electron chi connectivity index (χ0n) is 12.0. The predicted octanol–water partition coefficient (Wildman–Crippen LogP) is 7.74. The lowest BCUT2D eigenvalue weighted by Gasteiger charge is -2.02. The van der Waals surface area contributed by atoms with Gasteiger partial charge in [0.05, 0.1) is 7.57 Å². The molecule has 0 aliphatic carbocycles. The van der Waals surface area contributed by atoms with Crippen molar-refractivity contribution in [1.82, 2.24) is 0 Å². The van der Waals surface area contributed by atoms with E-state index in [1.165, 1.54) is 83.8 Å². The second-order valence-electron chi connectivity index (χ2n) is 5.28. The lowest BCUT2D eigenvalue weighted by molar-refractivity contribution is 0.556. The third-order valence-corrected chi connectivity index (χ3v) is 5.99. The molecule has 1 aromatic rings. The topological polar surface area (TPSA) is 0 Å². The van der Waals surface area contributed by atoms with Gasteiger partial charge in [0.2, 0.25) is 0 Å². The summed E-state index contributed by atoms with van der Waals surface area (Å²) in [7, 11) is 0.